The van der Waals surface area contributed by atoms with Gasteiger partial charge in [0, 0.05) is 24.9 Å². The largest absolute Gasteiger partial charge is 0.416 e. The van der Waals surface area contributed by atoms with Crippen LogP contribution in [0.2, 0.25) is 0 Å². The lowest BCUT2D eigenvalue weighted by Gasteiger charge is -2.27. The molecule has 2 amide bonds. The van der Waals surface area contributed by atoms with Gasteiger partial charge in [0.05, 0.1) is 16.0 Å². The molecule has 3 N–H and O–H groups in total. The van der Waals surface area contributed by atoms with Gasteiger partial charge in [-0.2, -0.15) is 13.2 Å². The number of carbonyl (C=O) groups is 2. The second-order valence-electron chi connectivity index (χ2n) is 7.78. The fraction of sp³-hybridized carbons (Fsp3) is 0.381. The summed E-state index contributed by atoms with van der Waals surface area (Å²) in [7, 11) is -3.95. The molecule has 0 atom stereocenters. The molecule has 0 bridgehead atoms. The minimum absolute atomic E-state index is 0.0109. The van der Waals surface area contributed by atoms with Crippen molar-refractivity contribution in [2.24, 2.45) is 11.8 Å². The fourth-order valence-electron chi connectivity index (χ4n) is 3.55. The van der Waals surface area contributed by atoms with Crippen LogP contribution in [0.3, 0.4) is 0 Å². The van der Waals surface area contributed by atoms with Crippen LogP contribution in [0, 0.1) is 11.8 Å². The lowest BCUT2D eigenvalue weighted by Crippen LogP contribution is -2.45. The average molecular weight is 485 g/mol. The van der Waals surface area contributed by atoms with E-state index in [2.05, 4.69) is 20.6 Å². The Kier molecular flexibility index (Phi) is 7.69. The zero-order chi connectivity index (χ0) is 24.1. The smallest absolute Gasteiger partial charge is 0.273 e. The number of sulfonamides is 1. The van der Waals surface area contributed by atoms with Gasteiger partial charge in [-0.25, -0.2) is 13.1 Å². The van der Waals surface area contributed by atoms with Gasteiger partial charge in [-0.1, -0.05) is 0 Å². The summed E-state index contributed by atoms with van der Waals surface area (Å²) in [4.78, 5) is 27.9. The number of pyridine rings is 1. The molecule has 0 unspecified atom stereocenters. The molecule has 1 aromatic carbocycles. The van der Waals surface area contributed by atoms with Crippen LogP contribution in [0.1, 0.15) is 41.6 Å². The predicted molar refractivity (Wildman–Crippen MR) is 112 cm³/mol. The van der Waals surface area contributed by atoms with Crippen LogP contribution in [0.4, 0.5) is 13.2 Å². The van der Waals surface area contributed by atoms with Crippen LogP contribution in [0.25, 0.3) is 0 Å². The molecule has 3 rings (SSSR count). The summed E-state index contributed by atoms with van der Waals surface area (Å²) in [5.41, 5.74) is 4.13. The van der Waals surface area contributed by atoms with E-state index < -0.39 is 27.7 Å². The van der Waals surface area contributed by atoms with E-state index in [0.717, 1.165) is 24.3 Å². The van der Waals surface area contributed by atoms with Crippen LogP contribution in [0.15, 0.2) is 53.7 Å². The normalized spacial score (nSPS) is 19.0. The molecule has 0 saturated heterocycles. The van der Waals surface area contributed by atoms with Gasteiger partial charge in [0.15, 0.2) is 0 Å². The van der Waals surface area contributed by atoms with Gasteiger partial charge in [-0.05, 0) is 68.0 Å². The number of aromatic nitrogens is 1. The molecule has 178 valence electrons. The summed E-state index contributed by atoms with van der Waals surface area (Å²) in [6.07, 6.45) is 0.564. The Labute approximate surface area is 189 Å². The number of hydrazine groups is 1. The molecule has 8 nitrogen and oxygen atoms in total. The molecule has 1 aliphatic carbocycles. The Morgan fingerprint density at radius 1 is 1.00 bits per heavy atom. The SMILES string of the molecule is O=C(NNC(=O)C1CCC(CNS(=O)(=O)c2ccc(C(F)(F)F)cc2)CC1)c1cccnc1. The van der Waals surface area contributed by atoms with Crippen molar-refractivity contribution in [2.75, 3.05) is 6.54 Å². The number of hydrogen-bond acceptors (Lipinski definition) is 5. The van der Waals surface area contributed by atoms with Crippen LogP contribution in [0.5, 0.6) is 0 Å². The first-order chi connectivity index (χ1) is 15.6. The molecule has 0 aliphatic heterocycles. The molecule has 1 saturated carbocycles. The summed E-state index contributed by atoms with van der Waals surface area (Å²) in [6, 6.07) is 6.46. The highest BCUT2D eigenvalue weighted by atomic mass is 32.2. The minimum Gasteiger partial charge on any atom is -0.273 e. The third kappa shape index (κ3) is 6.75. The third-order valence-corrected chi connectivity index (χ3v) is 6.93. The number of rotatable bonds is 6. The predicted octanol–water partition coefficient (Wildman–Crippen LogP) is 2.65. The first-order valence-electron chi connectivity index (χ1n) is 10.2. The number of hydrogen-bond donors (Lipinski definition) is 3. The first kappa shape index (κ1) is 24.6. The Morgan fingerprint density at radius 2 is 1.67 bits per heavy atom. The van der Waals surface area contributed by atoms with Crippen molar-refractivity contribution in [1.82, 2.24) is 20.6 Å². The lowest BCUT2D eigenvalue weighted by atomic mass is 9.82. The van der Waals surface area contributed by atoms with Crippen molar-refractivity contribution >= 4 is 21.8 Å². The third-order valence-electron chi connectivity index (χ3n) is 5.49. The van der Waals surface area contributed by atoms with E-state index in [1.54, 1.807) is 12.1 Å². The van der Waals surface area contributed by atoms with Gasteiger partial charge in [0.2, 0.25) is 15.9 Å². The molecule has 1 aromatic heterocycles. The number of carbonyl (C=O) groups excluding carboxylic acids is 2. The molecule has 1 heterocycles. The lowest BCUT2D eigenvalue weighted by molar-refractivity contribution is -0.137. The standard InChI is InChI=1S/C21H23F3N4O4S/c22-21(23,24)17-7-9-18(10-8-17)33(31,32)26-12-14-3-5-15(6-4-14)19(29)27-28-20(30)16-2-1-11-25-13-16/h1-2,7-11,13-15,26H,3-6,12H2,(H,27,29)(H,28,30). The van der Waals surface area contributed by atoms with Crippen molar-refractivity contribution in [3.05, 3.63) is 59.9 Å². The van der Waals surface area contributed by atoms with Gasteiger partial charge >= 0.3 is 6.18 Å². The summed E-state index contributed by atoms with van der Waals surface area (Å²) in [5.74, 6) is -1.14. The summed E-state index contributed by atoms with van der Waals surface area (Å²) in [6.45, 7) is 0.120. The number of alkyl halides is 3. The molecule has 12 heteroatoms. The van der Waals surface area contributed by atoms with Gasteiger partial charge in [-0.15, -0.1) is 0 Å². The van der Waals surface area contributed by atoms with Crippen molar-refractivity contribution in [3.8, 4) is 0 Å². The van der Waals surface area contributed by atoms with E-state index in [1.165, 1.54) is 12.4 Å². The van der Waals surface area contributed by atoms with Crippen molar-refractivity contribution in [1.29, 1.82) is 0 Å². The molecule has 1 fully saturated rings. The van der Waals surface area contributed by atoms with Crippen molar-refractivity contribution in [2.45, 2.75) is 36.8 Å². The van der Waals surface area contributed by atoms with E-state index in [0.29, 0.717) is 31.2 Å². The Hall–Kier alpha value is -2.99. The van der Waals surface area contributed by atoms with E-state index in [-0.39, 0.29) is 29.2 Å². The quantitative estimate of drug-likeness (QED) is 0.545. The first-order valence-corrected chi connectivity index (χ1v) is 11.7. The molecule has 2 aromatic rings. The molecule has 0 radical (unpaired) electrons. The van der Waals surface area contributed by atoms with Gasteiger partial charge in [0.1, 0.15) is 0 Å². The Bertz CT molecular complexity index is 1070. The maximum atomic E-state index is 12.6. The topological polar surface area (TPSA) is 117 Å². The summed E-state index contributed by atoms with van der Waals surface area (Å²) < 4.78 is 65.1. The fourth-order valence-corrected chi connectivity index (χ4v) is 4.67. The molecule has 0 spiro atoms. The monoisotopic (exact) mass is 484 g/mol. The van der Waals surface area contributed by atoms with E-state index in [9.17, 15) is 31.2 Å². The van der Waals surface area contributed by atoms with Crippen LogP contribution < -0.4 is 15.6 Å². The zero-order valence-corrected chi connectivity index (χ0v) is 18.2. The average Bonchev–Trinajstić information content (AvgIpc) is 2.81. The molecule has 1 aliphatic rings. The van der Waals surface area contributed by atoms with Crippen LogP contribution >= 0.6 is 0 Å². The molecule has 33 heavy (non-hydrogen) atoms. The maximum Gasteiger partial charge on any atom is 0.416 e. The Balaban J connectivity index is 1.43. The Morgan fingerprint density at radius 3 is 2.24 bits per heavy atom. The number of nitrogens with zero attached hydrogens (tertiary/aromatic N) is 1. The number of amides is 2. The van der Waals surface area contributed by atoms with Crippen molar-refractivity contribution < 1.29 is 31.2 Å². The minimum atomic E-state index is -4.54. The van der Waals surface area contributed by atoms with E-state index in [1.807, 2.05) is 0 Å². The molecular formula is C21H23F3N4O4S. The zero-order valence-electron chi connectivity index (χ0n) is 17.4. The highest BCUT2D eigenvalue weighted by Gasteiger charge is 2.31. The van der Waals surface area contributed by atoms with Crippen LogP contribution in [-0.4, -0.2) is 31.8 Å². The van der Waals surface area contributed by atoms with Crippen LogP contribution in [-0.2, 0) is 21.0 Å². The highest BCUT2D eigenvalue weighted by molar-refractivity contribution is 7.89. The second-order valence-corrected chi connectivity index (χ2v) is 9.54. The van der Waals surface area contributed by atoms with Gasteiger partial charge in [-0.3, -0.25) is 25.4 Å². The second kappa shape index (κ2) is 10.3. The summed E-state index contributed by atoms with van der Waals surface area (Å²) in [5, 5.41) is 0. The maximum absolute atomic E-state index is 12.6. The van der Waals surface area contributed by atoms with Gasteiger partial charge < -0.3 is 0 Å². The number of nitrogens with one attached hydrogen (secondary N) is 3. The van der Waals surface area contributed by atoms with E-state index >= 15 is 0 Å². The van der Waals surface area contributed by atoms with E-state index in [4.69, 9.17) is 0 Å². The number of halogens is 3. The highest BCUT2D eigenvalue weighted by Crippen LogP contribution is 2.30. The van der Waals surface area contributed by atoms with Crippen molar-refractivity contribution in [3.63, 3.8) is 0 Å². The van der Waals surface area contributed by atoms with Gasteiger partial charge in [0.25, 0.3) is 5.91 Å². The summed E-state index contributed by atoms with van der Waals surface area (Å²) >= 11 is 0. The number of benzene rings is 1. The molecular weight excluding hydrogens is 461 g/mol.